The van der Waals surface area contributed by atoms with Crippen LogP contribution in [0.4, 0.5) is 14.5 Å². The molecule has 0 aliphatic carbocycles. The fourth-order valence-corrected chi connectivity index (χ4v) is 0.723. The molecule has 0 bridgehead atoms. The summed E-state index contributed by atoms with van der Waals surface area (Å²) in [5.41, 5.74) is 0.451. The van der Waals surface area contributed by atoms with Crippen molar-refractivity contribution < 1.29 is 8.78 Å². The minimum atomic E-state index is -2.50. The van der Waals surface area contributed by atoms with Crippen LogP contribution in [0.1, 0.15) is 12.1 Å². The molecule has 1 heterocycles. The summed E-state index contributed by atoms with van der Waals surface area (Å²) in [5.74, 6) is 0. The van der Waals surface area contributed by atoms with Crippen molar-refractivity contribution in [2.75, 3.05) is 12.4 Å². The normalized spacial score (nSPS) is 10.2. The van der Waals surface area contributed by atoms with E-state index in [0.717, 1.165) is 0 Å². The summed E-state index contributed by atoms with van der Waals surface area (Å²) in [6.07, 6.45) is -1.14. The van der Waals surface area contributed by atoms with Gasteiger partial charge in [-0.05, 0) is 12.1 Å². The Bertz CT molecular complexity index is 238. The van der Waals surface area contributed by atoms with E-state index in [4.69, 9.17) is 0 Å². The van der Waals surface area contributed by atoms with E-state index in [2.05, 4.69) is 10.3 Å². The molecule has 0 atom stereocenters. The lowest BCUT2D eigenvalue weighted by Gasteiger charge is -2.01. The van der Waals surface area contributed by atoms with Crippen molar-refractivity contribution in [3.8, 4) is 0 Å². The highest BCUT2D eigenvalue weighted by Crippen LogP contribution is 2.18. The van der Waals surface area contributed by atoms with Gasteiger partial charge in [-0.25, -0.2) is 8.78 Å². The summed E-state index contributed by atoms with van der Waals surface area (Å²) in [5, 5.41) is 2.75. The Morgan fingerprint density at radius 1 is 1.55 bits per heavy atom. The van der Waals surface area contributed by atoms with E-state index in [0.29, 0.717) is 5.69 Å². The van der Waals surface area contributed by atoms with Gasteiger partial charge in [-0.1, -0.05) is 0 Å². The third kappa shape index (κ3) is 1.86. The molecule has 1 aromatic heterocycles. The van der Waals surface area contributed by atoms with E-state index in [9.17, 15) is 8.78 Å². The summed E-state index contributed by atoms with van der Waals surface area (Å²) in [6, 6.07) is 2.95. The molecule has 1 rings (SSSR count). The zero-order chi connectivity index (χ0) is 8.27. The van der Waals surface area contributed by atoms with Crippen LogP contribution < -0.4 is 5.32 Å². The first-order valence-electron chi connectivity index (χ1n) is 3.16. The van der Waals surface area contributed by atoms with Gasteiger partial charge in [-0.2, -0.15) is 0 Å². The summed E-state index contributed by atoms with van der Waals surface area (Å²) < 4.78 is 24.0. The zero-order valence-electron chi connectivity index (χ0n) is 6.01. The van der Waals surface area contributed by atoms with Crippen LogP contribution in [-0.2, 0) is 0 Å². The topological polar surface area (TPSA) is 24.9 Å². The largest absolute Gasteiger partial charge is 0.388 e. The molecular weight excluding hydrogens is 150 g/mol. The van der Waals surface area contributed by atoms with Crippen LogP contribution in [0.5, 0.6) is 0 Å². The molecule has 2 nitrogen and oxygen atoms in total. The first-order valence-corrected chi connectivity index (χ1v) is 3.16. The average Bonchev–Trinajstić information content (AvgIpc) is 2.05. The number of hydrogen-bond donors (Lipinski definition) is 1. The Kier molecular flexibility index (Phi) is 2.36. The Balaban J connectivity index is 2.91. The Morgan fingerprint density at radius 2 is 2.27 bits per heavy atom. The van der Waals surface area contributed by atoms with Gasteiger partial charge >= 0.3 is 0 Å². The molecule has 11 heavy (non-hydrogen) atoms. The highest BCUT2D eigenvalue weighted by Gasteiger charge is 2.07. The van der Waals surface area contributed by atoms with E-state index in [-0.39, 0.29) is 5.69 Å². The molecule has 0 saturated heterocycles. The predicted molar refractivity (Wildman–Crippen MR) is 38.7 cm³/mol. The molecule has 0 aromatic carbocycles. The molecule has 4 heteroatoms. The van der Waals surface area contributed by atoms with Crippen molar-refractivity contribution in [1.82, 2.24) is 4.98 Å². The number of rotatable bonds is 2. The maximum Gasteiger partial charge on any atom is 0.280 e. The van der Waals surface area contributed by atoms with Crippen molar-refractivity contribution in [1.29, 1.82) is 0 Å². The van der Waals surface area contributed by atoms with E-state index in [1.165, 1.54) is 12.3 Å². The second-order valence-electron chi connectivity index (χ2n) is 2.02. The van der Waals surface area contributed by atoms with Crippen LogP contribution in [0.3, 0.4) is 0 Å². The molecule has 60 valence electrons. The van der Waals surface area contributed by atoms with Crippen LogP contribution in [0.25, 0.3) is 0 Å². The van der Waals surface area contributed by atoms with Crippen molar-refractivity contribution in [3.05, 3.63) is 24.0 Å². The lowest BCUT2D eigenvalue weighted by molar-refractivity contribution is 0.146. The Hall–Kier alpha value is -1.19. The fourth-order valence-electron chi connectivity index (χ4n) is 0.723. The van der Waals surface area contributed by atoms with Crippen molar-refractivity contribution >= 4 is 5.69 Å². The lowest BCUT2D eigenvalue weighted by Crippen LogP contribution is -1.93. The van der Waals surface area contributed by atoms with E-state index < -0.39 is 6.43 Å². The van der Waals surface area contributed by atoms with Crippen molar-refractivity contribution in [3.63, 3.8) is 0 Å². The maximum absolute atomic E-state index is 12.0. The van der Waals surface area contributed by atoms with Gasteiger partial charge in [-0.3, -0.25) is 4.98 Å². The maximum atomic E-state index is 12.0. The number of nitrogens with one attached hydrogen (secondary N) is 1. The third-order valence-corrected chi connectivity index (χ3v) is 1.29. The zero-order valence-corrected chi connectivity index (χ0v) is 6.01. The predicted octanol–water partition coefficient (Wildman–Crippen LogP) is 2.06. The summed E-state index contributed by atoms with van der Waals surface area (Å²) in [4.78, 5) is 3.50. The number of aromatic nitrogens is 1. The molecule has 0 amide bonds. The van der Waals surface area contributed by atoms with Gasteiger partial charge in [0, 0.05) is 18.9 Å². The van der Waals surface area contributed by atoms with Crippen LogP contribution in [0.2, 0.25) is 0 Å². The van der Waals surface area contributed by atoms with Gasteiger partial charge in [0.15, 0.2) is 0 Å². The third-order valence-electron chi connectivity index (χ3n) is 1.29. The molecule has 0 unspecified atom stereocenters. The average molecular weight is 158 g/mol. The van der Waals surface area contributed by atoms with Gasteiger partial charge in [0.05, 0.1) is 0 Å². The van der Waals surface area contributed by atoms with E-state index in [1.807, 2.05) is 0 Å². The van der Waals surface area contributed by atoms with Crippen molar-refractivity contribution in [2.24, 2.45) is 0 Å². The van der Waals surface area contributed by atoms with Crippen LogP contribution in [0, 0.1) is 0 Å². The van der Waals surface area contributed by atoms with Crippen molar-refractivity contribution in [2.45, 2.75) is 6.43 Å². The Labute approximate surface area is 63.3 Å². The first-order chi connectivity index (χ1) is 5.24. The molecule has 0 aliphatic rings. The standard InChI is InChI=1S/C7H8F2N2/c1-10-5-2-3-11-6(4-5)7(8)9/h2-4,7H,1H3,(H,10,11). The molecule has 1 N–H and O–H groups in total. The molecule has 0 spiro atoms. The summed E-state index contributed by atoms with van der Waals surface area (Å²) in [6.45, 7) is 0. The lowest BCUT2D eigenvalue weighted by atomic mass is 10.3. The highest BCUT2D eigenvalue weighted by molar-refractivity contribution is 5.42. The van der Waals surface area contributed by atoms with Gasteiger partial charge in [-0.15, -0.1) is 0 Å². The molecule has 0 saturated carbocycles. The molecular formula is C7H8F2N2. The van der Waals surface area contributed by atoms with E-state index >= 15 is 0 Å². The van der Waals surface area contributed by atoms with Crippen LogP contribution in [-0.4, -0.2) is 12.0 Å². The minimum absolute atomic E-state index is 0.197. The molecule has 0 fully saturated rings. The van der Waals surface area contributed by atoms with Gasteiger partial charge in [0.1, 0.15) is 5.69 Å². The van der Waals surface area contributed by atoms with Crippen LogP contribution >= 0.6 is 0 Å². The minimum Gasteiger partial charge on any atom is -0.388 e. The highest BCUT2D eigenvalue weighted by atomic mass is 19.3. The number of pyridine rings is 1. The number of alkyl halides is 2. The number of anilines is 1. The van der Waals surface area contributed by atoms with Gasteiger partial charge < -0.3 is 5.32 Å². The van der Waals surface area contributed by atoms with Crippen LogP contribution in [0.15, 0.2) is 18.3 Å². The number of nitrogens with zero attached hydrogens (tertiary/aromatic N) is 1. The van der Waals surface area contributed by atoms with E-state index in [1.54, 1.807) is 13.1 Å². The summed E-state index contributed by atoms with van der Waals surface area (Å²) >= 11 is 0. The SMILES string of the molecule is CNc1ccnc(C(F)F)c1. The Morgan fingerprint density at radius 3 is 2.82 bits per heavy atom. The molecule has 1 aromatic rings. The fraction of sp³-hybridized carbons (Fsp3) is 0.286. The first kappa shape index (κ1) is 7.91. The van der Waals surface area contributed by atoms with Gasteiger partial charge in [0.2, 0.25) is 0 Å². The molecule has 0 radical (unpaired) electrons. The quantitative estimate of drug-likeness (QED) is 0.712. The monoisotopic (exact) mass is 158 g/mol. The number of halogens is 2. The smallest absolute Gasteiger partial charge is 0.280 e. The second kappa shape index (κ2) is 3.27. The number of hydrogen-bond acceptors (Lipinski definition) is 2. The molecule has 0 aliphatic heterocycles. The van der Waals surface area contributed by atoms with Gasteiger partial charge in [0.25, 0.3) is 6.43 Å². The summed E-state index contributed by atoms with van der Waals surface area (Å²) in [7, 11) is 1.67. The second-order valence-corrected chi connectivity index (χ2v) is 2.02.